The van der Waals surface area contributed by atoms with Crippen molar-refractivity contribution in [3.8, 4) is 0 Å². The SMILES string of the molecule is Cc1ccc(S(=O)(=O)N[C@H](Cc2ccccc2)C(=O)Nc2cccc([C@H]3O[C@@H](CN4CCCCCCC4)C[C@@H](c4ccc(CO)cc4)O3)c2)cc1. The smallest absolute Gasteiger partial charge is 0.242 e. The molecular formula is C41H49N3O6S. The molecule has 51 heavy (non-hydrogen) atoms. The molecule has 9 nitrogen and oxygen atoms in total. The Morgan fingerprint density at radius 3 is 2.24 bits per heavy atom. The van der Waals surface area contributed by atoms with Crippen LogP contribution in [0.5, 0.6) is 0 Å². The highest BCUT2D eigenvalue weighted by Crippen LogP contribution is 2.39. The lowest BCUT2D eigenvalue weighted by Gasteiger charge is -2.39. The predicted molar refractivity (Wildman–Crippen MR) is 198 cm³/mol. The number of aliphatic hydroxyl groups is 1. The van der Waals surface area contributed by atoms with Gasteiger partial charge in [0.25, 0.3) is 0 Å². The molecule has 0 unspecified atom stereocenters. The van der Waals surface area contributed by atoms with Gasteiger partial charge in [0, 0.05) is 24.2 Å². The number of nitrogens with one attached hydrogen (secondary N) is 2. The molecule has 2 heterocycles. The van der Waals surface area contributed by atoms with E-state index >= 15 is 0 Å². The van der Waals surface area contributed by atoms with Crippen LogP contribution in [0.4, 0.5) is 5.69 Å². The summed E-state index contributed by atoms with van der Waals surface area (Å²) in [6.07, 6.45) is 6.07. The van der Waals surface area contributed by atoms with Gasteiger partial charge in [-0.1, -0.05) is 104 Å². The third-order valence-corrected chi connectivity index (χ3v) is 11.2. The van der Waals surface area contributed by atoms with Gasteiger partial charge in [0.15, 0.2) is 6.29 Å². The third-order valence-electron chi connectivity index (χ3n) is 9.68. The summed E-state index contributed by atoms with van der Waals surface area (Å²) in [6, 6.07) is 30.1. The van der Waals surface area contributed by atoms with Crippen LogP contribution in [0.3, 0.4) is 0 Å². The van der Waals surface area contributed by atoms with Gasteiger partial charge in [-0.2, -0.15) is 4.72 Å². The molecule has 2 aliphatic heterocycles. The van der Waals surface area contributed by atoms with Crippen LogP contribution in [0, 0.1) is 6.92 Å². The average Bonchev–Trinajstić information content (AvgIpc) is 3.13. The Labute approximate surface area is 302 Å². The molecule has 0 radical (unpaired) electrons. The molecule has 0 aliphatic carbocycles. The van der Waals surface area contributed by atoms with Crippen LogP contribution in [0.15, 0.2) is 108 Å². The number of amides is 1. The van der Waals surface area contributed by atoms with Crippen molar-refractivity contribution < 1.29 is 27.8 Å². The number of anilines is 1. The average molecular weight is 712 g/mol. The fourth-order valence-corrected chi connectivity index (χ4v) is 8.01. The van der Waals surface area contributed by atoms with E-state index in [4.69, 9.17) is 9.47 Å². The molecule has 0 saturated carbocycles. The molecule has 4 aromatic carbocycles. The van der Waals surface area contributed by atoms with Gasteiger partial charge in [0.1, 0.15) is 6.04 Å². The molecule has 0 aromatic heterocycles. The molecule has 1 amide bonds. The molecule has 4 atom stereocenters. The topological polar surface area (TPSA) is 117 Å². The second kappa shape index (κ2) is 17.5. The minimum Gasteiger partial charge on any atom is -0.392 e. The van der Waals surface area contributed by atoms with Crippen LogP contribution >= 0.6 is 0 Å². The van der Waals surface area contributed by atoms with Crippen LogP contribution in [0.25, 0.3) is 0 Å². The summed E-state index contributed by atoms with van der Waals surface area (Å²) < 4.78 is 42.7. The van der Waals surface area contributed by atoms with Gasteiger partial charge in [0.2, 0.25) is 15.9 Å². The fraction of sp³-hybridized carbons (Fsp3) is 0.390. The molecule has 3 N–H and O–H groups in total. The molecule has 2 fully saturated rings. The number of sulfonamides is 1. The van der Waals surface area contributed by atoms with E-state index in [9.17, 15) is 18.3 Å². The highest BCUT2D eigenvalue weighted by atomic mass is 32.2. The summed E-state index contributed by atoms with van der Waals surface area (Å²) in [7, 11) is -3.99. The Balaban J connectivity index is 1.21. The number of ether oxygens (including phenoxy) is 2. The number of likely N-dealkylation sites (tertiary alicyclic amines) is 1. The van der Waals surface area contributed by atoms with E-state index in [2.05, 4.69) is 14.9 Å². The number of carbonyl (C=O) groups excluding carboxylic acids is 1. The van der Waals surface area contributed by atoms with Gasteiger partial charge < -0.3 is 24.8 Å². The van der Waals surface area contributed by atoms with Gasteiger partial charge >= 0.3 is 0 Å². The van der Waals surface area contributed by atoms with Gasteiger partial charge in [-0.25, -0.2) is 8.42 Å². The second-order valence-corrected chi connectivity index (χ2v) is 15.4. The van der Waals surface area contributed by atoms with E-state index in [0.717, 1.165) is 47.5 Å². The third kappa shape index (κ3) is 10.3. The maximum absolute atomic E-state index is 13.9. The van der Waals surface area contributed by atoms with Crippen molar-refractivity contribution in [2.24, 2.45) is 0 Å². The normalized spacial score (nSPS) is 20.9. The number of nitrogens with zero attached hydrogens (tertiary/aromatic N) is 1. The monoisotopic (exact) mass is 711 g/mol. The van der Waals surface area contributed by atoms with Crippen molar-refractivity contribution in [1.29, 1.82) is 0 Å². The van der Waals surface area contributed by atoms with Crippen molar-refractivity contribution >= 4 is 21.6 Å². The van der Waals surface area contributed by atoms with Crippen LogP contribution in [0.2, 0.25) is 0 Å². The van der Waals surface area contributed by atoms with Gasteiger partial charge in [0.05, 0.1) is 23.7 Å². The summed E-state index contributed by atoms with van der Waals surface area (Å²) in [5.74, 6) is -0.478. The summed E-state index contributed by atoms with van der Waals surface area (Å²) in [4.78, 5) is 16.5. The minimum atomic E-state index is -3.99. The lowest BCUT2D eigenvalue weighted by molar-refractivity contribution is -0.253. The summed E-state index contributed by atoms with van der Waals surface area (Å²) in [5.41, 5.74) is 4.88. The fourth-order valence-electron chi connectivity index (χ4n) is 6.82. The van der Waals surface area contributed by atoms with Crippen molar-refractivity contribution in [1.82, 2.24) is 9.62 Å². The lowest BCUT2D eigenvalue weighted by Crippen LogP contribution is -2.45. The van der Waals surface area contributed by atoms with Gasteiger partial charge in [-0.05, 0) is 80.2 Å². The van der Waals surface area contributed by atoms with E-state index in [-0.39, 0.29) is 30.1 Å². The first-order valence-corrected chi connectivity index (χ1v) is 19.5. The van der Waals surface area contributed by atoms with E-state index in [1.807, 2.05) is 79.7 Å². The van der Waals surface area contributed by atoms with Crippen molar-refractivity contribution in [2.45, 2.75) is 87.9 Å². The molecule has 10 heteroatoms. The zero-order chi connectivity index (χ0) is 35.6. The number of hydrogen-bond donors (Lipinski definition) is 3. The molecule has 0 bridgehead atoms. The first-order valence-electron chi connectivity index (χ1n) is 18.0. The second-order valence-electron chi connectivity index (χ2n) is 13.7. The largest absolute Gasteiger partial charge is 0.392 e. The zero-order valence-electron chi connectivity index (χ0n) is 29.2. The minimum absolute atomic E-state index is 0.0206. The van der Waals surface area contributed by atoms with Crippen LogP contribution in [0.1, 0.15) is 78.7 Å². The van der Waals surface area contributed by atoms with Gasteiger partial charge in [-0.3, -0.25) is 4.79 Å². The predicted octanol–water partition coefficient (Wildman–Crippen LogP) is 6.83. The van der Waals surface area contributed by atoms with E-state index < -0.39 is 28.3 Å². The number of benzene rings is 4. The van der Waals surface area contributed by atoms with Crippen LogP contribution in [-0.2, 0) is 37.3 Å². The quantitative estimate of drug-likeness (QED) is 0.148. The standard InChI is InChI=1S/C41H49N3O6S/c1-30-15-21-37(22-16-30)51(47,48)43-38(25-31-11-6-5-7-12-31)40(46)42-35-14-10-13-34(26-35)41-49-36(28-44-23-8-3-2-4-9-24-44)27-39(50-41)33-19-17-32(29-45)18-20-33/h5-7,10-22,26,36,38-39,41,43,45H,2-4,8-9,23-25,27-29H2,1H3,(H,42,46)/t36-,38-,39+,41+/m1/s1. The Morgan fingerprint density at radius 1 is 0.824 bits per heavy atom. The number of rotatable bonds is 12. The van der Waals surface area contributed by atoms with E-state index in [1.165, 1.54) is 32.1 Å². The number of aliphatic hydroxyl groups excluding tert-OH is 1. The highest BCUT2D eigenvalue weighted by Gasteiger charge is 2.34. The maximum Gasteiger partial charge on any atom is 0.242 e. The van der Waals surface area contributed by atoms with Crippen molar-refractivity contribution in [3.63, 3.8) is 0 Å². The Bertz CT molecular complexity index is 1810. The lowest BCUT2D eigenvalue weighted by atomic mass is 9.99. The number of carbonyl (C=O) groups is 1. The van der Waals surface area contributed by atoms with Crippen LogP contribution < -0.4 is 10.0 Å². The first kappa shape index (κ1) is 36.9. The summed E-state index contributed by atoms with van der Waals surface area (Å²) >= 11 is 0. The van der Waals surface area contributed by atoms with Crippen LogP contribution in [-0.4, -0.2) is 56.1 Å². The maximum atomic E-state index is 13.9. The highest BCUT2D eigenvalue weighted by molar-refractivity contribution is 7.89. The summed E-state index contributed by atoms with van der Waals surface area (Å²) in [6.45, 7) is 4.79. The van der Waals surface area contributed by atoms with E-state index in [1.54, 1.807) is 30.3 Å². The molecule has 2 aliphatic rings. The van der Waals surface area contributed by atoms with Gasteiger partial charge in [-0.15, -0.1) is 0 Å². The Hall–Kier alpha value is -3.90. The van der Waals surface area contributed by atoms with E-state index in [0.29, 0.717) is 12.1 Å². The molecule has 270 valence electrons. The molecule has 0 spiro atoms. The first-order chi connectivity index (χ1) is 24.8. The van der Waals surface area contributed by atoms with Crippen molar-refractivity contribution in [3.05, 3.63) is 131 Å². The molecule has 6 rings (SSSR count). The Kier molecular flexibility index (Phi) is 12.7. The van der Waals surface area contributed by atoms with Crippen molar-refractivity contribution in [2.75, 3.05) is 25.0 Å². The molecule has 2 saturated heterocycles. The number of hydrogen-bond acceptors (Lipinski definition) is 7. The summed E-state index contributed by atoms with van der Waals surface area (Å²) in [5, 5.41) is 12.6. The number of aryl methyl sites for hydroxylation is 1. The molecular weight excluding hydrogens is 663 g/mol. The Morgan fingerprint density at radius 2 is 1.53 bits per heavy atom. The molecule has 4 aromatic rings. The zero-order valence-corrected chi connectivity index (χ0v) is 30.1.